The number of halogens is 3. The molecule has 0 aliphatic heterocycles. The molecule has 0 aromatic carbocycles. The van der Waals surface area contributed by atoms with Crippen molar-refractivity contribution in [3.05, 3.63) is 0 Å². The number of alkyl halides is 3. The molecule has 0 saturated heterocycles. The maximum absolute atomic E-state index is 12.1. The lowest BCUT2D eigenvalue weighted by atomic mass is 10.4. The summed E-state index contributed by atoms with van der Waals surface area (Å²) < 4.78 is 46.5. The summed E-state index contributed by atoms with van der Waals surface area (Å²) in [7, 11) is 0. The molecule has 120 valence electrons. The Bertz CT molecular complexity index is 441. The average molecular weight is 308 g/mol. The second-order valence-electron chi connectivity index (χ2n) is 4.53. The first-order chi connectivity index (χ1) is 9.80. The van der Waals surface area contributed by atoms with E-state index in [-0.39, 0.29) is 24.1 Å². The fourth-order valence-corrected chi connectivity index (χ4v) is 1.24. The van der Waals surface area contributed by atoms with Gasteiger partial charge in [-0.1, -0.05) is 6.92 Å². The van der Waals surface area contributed by atoms with Gasteiger partial charge >= 0.3 is 18.2 Å². The molecule has 0 unspecified atom stereocenters. The molecule has 0 aliphatic rings. The standard InChI is InChI=1S/C12H19F3N4O2/c1-4-6-16-9-17-10(20-7-5-12(13,14)15)19-11(18-9)21-8(2)3/h8H,4-7H2,1-3H3,(H,16,17,18,19). The molecular weight excluding hydrogens is 289 g/mol. The van der Waals surface area contributed by atoms with Gasteiger partial charge in [-0.2, -0.15) is 23.1 Å². The van der Waals surface area contributed by atoms with Crippen LogP contribution in [0.2, 0.25) is 0 Å². The molecular formula is C12H19F3N4O2. The van der Waals surface area contributed by atoms with Crippen molar-refractivity contribution in [3.8, 4) is 12.0 Å². The highest BCUT2D eigenvalue weighted by atomic mass is 19.4. The molecule has 0 spiro atoms. The van der Waals surface area contributed by atoms with Crippen LogP contribution in [0.5, 0.6) is 12.0 Å². The second-order valence-corrected chi connectivity index (χ2v) is 4.53. The van der Waals surface area contributed by atoms with Crippen molar-refractivity contribution in [1.29, 1.82) is 0 Å². The highest BCUT2D eigenvalue weighted by Gasteiger charge is 2.27. The highest BCUT2D eigenvalue weighted by Crippen LogP contribution is 2.20. The molecule has 6 nitrogen and oxygen atoms in total. The van der Waals surface area contributed by atoms with Crippen LogP contribution < -0.4 is 14.8 Å². The van der Waals surface area contributed by atoms with E-state index in [2.05, 4.69) is 20.3 Å². The predicted molar refractivity (Wildman–Crippen MR) is 70.5 cm³/mol. The predicted octanol–water partition coefficient (Wildman–Crippen LogP) is 2.81. The third-order valence-corrected chi connectivity index (χ3v) is 2.09. The Morgan fingerprint density at radius 3 is 2.38 bits per heavy atom. The van der Waals surface area contributed by atoms with Crippen LogP contribution in [0.15, 0.2) is 0 Å². The summed E-state index contributed by atoms with van der Waals surface area (Å²) in [6, 6.07) is -0.177. The monoisotopic (exact) mass is 308 g/mol. The minimum Gasteiger partial charge on any atom is -0.463 e. The van der Waals surface area contributed by atoms with Crippen LogP contribution in [0, 0.1) is 0 Å². The van der Waals surface area contributed by atoms with Gasteiger partial charge in [-0.15, -0.1) is 4.98 Å². The number of hydrogen-bond donors (Lipinski definition) is 1. The molecule has 1 heterocycles. The van der Waals surface area contributed by atoms with Crippen LogP contribution in [-0.4, -0.2) is 40.4 Å². The van der Waals surface area contributed by atoms with Gasteiger partial charge < -0.3 is 14.8 Å². The first kappa shape index (κ1) is 17.3. The molecule has 0 saturated carbocycles. The summed E-state index contributed by atoms with van der Waals surface area (Å²) >= 11 is 0. The van der Waals surface area contributed by atoms with E-state index in [1.807, 2.05) is 6.92 Å². The number of anilines is 1. The summed E-state index contributed by atoms with van der Waals surface area (Å²) in [5.41, 5.74) is 0. The van der Waals surface area contributed by atoms with E-state index >= 15 is 0 Å². The highest BCUT2D eigenvalue weighted by molar-refractivity contribution is 5.27. The van der Waals surface area contributed by atoms with Crippen molar-refractivity contribution in [2.24, 2.45) is 0 Å². The van der Waals surface area contributed by atoms with E-state index in [0.29, 0.717) is 6.54 Å². The molecule has 21 heavy (non-hydrogen) atoms. The maximum Gasteiger partial charge on any atom is 0.392 e. The van der Waals surface area contributed by atoms with Crippen molar-refractivity contribution in [1.82, 2.24) is 15.0 Å². The minimum absolute atomic E-state index is 0.0145. The molecule has 1 rings (SSSR count). The van der Waals surface area contributed by atoms with E-state index in [0.717, 1.165) is 6.42 Å². The quantitative estimate of drug-likeness (QED) is 0.796. The first-order valence-electron chi connectivity index (χ1n) is 6.66. The SMILES string of the molecule is CCCNc1nc(OCCC(F)(F)F)nc(OC(C)C)n1. The van der Waals surface area contributed by atoms with Crippen molar-refractivity contribution < 1.29 is 22.6 Å². The number of rotatable bonds is 8. The lowest BCUT2D eigenvalue weighted by Crippen LogP contribution is -2.16. The molecule has 9 heteroatoms. The first-order valence-corrected chi connectivity index (χ1v) is 6.66. The topological polar surface area (TPSA) is 69.2 Å². The molecule has 1 N–H and O–H groups in total. The average Bonchev–Trinajstić information content (AvgIpc) is 2.33. The molecule has 1 aromatic rings. The zero-order valence-corrected chi connectivity index (χ0v) is 12.2. The van der Waals surface area contributed by atoms with Gasteiger partial charge in [0, 0.05) is 6.54 Å². The Labute approximate surface area is 121 Å². The van der Waals surface area contributed by atoms with Crippen LogP contribution in [0.25, 0.3) is 0 Å². The lowest BCUT2D eigenvalue weighted by molar-refractivity contribution is -0.139. The third kappa shape index (κ3) is 7.52. The minimum atomic E-state index is -4.28. The Morgan fingerprint density at radius 1 is 1.14 bits per heavy atom. The zero-order valence-electron chi connectivity index (χ0n) is 12.2. The van der Waals surface area contributed by atoms with Crippen molar-refractivity contribution in [2.75, 3.05) is 18.5 Å². The van der Waals surface area contributed by atoms with Crippen LogP contribution in [0.3, 0.4) is 0 Å². The number of nitrogens with zero attached hydrogens (tertiary/aromatic N) is 3. The molecule has 0 bridgehead atoms. The zero-order chi connectivity index (χ0) is 15.9. The Balaban J connectivity index is 2.75. The summed E-state index contributed by atoms with van der Waals surface area (Å²) in [5, 5.41) is 2.91. The fourth-order valence-electron chi connectivity index (χ4n) is 1.24. The summed E-state index contributed by atoms with van der Waals surface area (Å²) in [4.78, 5) is 11.7. The van der Waals surface area contributed by atoms with Crippen LogP contribution in [-0.2, 0) is 0 Å². The number of hydrogen-bond acceptors (Lipinski definition) is 6. The van der Waals surface area contributed by atoms with Crippen LogP contribution in [0.1, 0.15) is 33.6 Å². The van der Waals surface area contributed by atoms with Gasteiger partial charge in [0.2, 0.25) is 5.95 Å². The van der Waals surface area contributed by atoms with E-state index in [4.69, 9.17) is 9.47 Å². The molecule has 1 aromatic heterocycles. The van der Waals surface area contributed by atoms with E-state index in [1.165, 1.54) is 0 Å². The van der Waals surface area contributed by atoms with Gasteiger partial charge in [-0.25, -0.2) is 0 Å². The van der Waals surface area contributed by atoms with Crippen LogP contribution in [0.4, 0.5) is 19.1 Å². The molecule has 0 radical (unpaired) electrons. The second kappa shape index (κ2) is 7.84. The van der Waals surface area contributed by atoms with Crippen molar-refractivity contribution in [2.45, 2.75) is 45.9 Å². The van der Waals surface area contributed by atoms with Crippen molar-refractivity contribution >= 4 is 5.95 Å². The van der Waals surface area contributed by atoms with Crippen molar-refractivity contribution in [3.63, 3.8) is 0 Å². The fraction of sp³-hybridized carbons (Fsp3) is 0.750. The number of aromatic nitrogens is 3. The Morgan fingerprint density at radius 2 is 1.81 bits per heavy atom. The van der Waals surface area contributed by atoms with E-state index in [1.54, 1.807) is 13.8 Å². The summed E-state index contributed by atoms with van der Waals surface area (Å²) in [6.07, 6.45) is -4.69. The van der Waals surface area contributed by atoms with Gasteiger partial charge in [-0.3, -0.25) is 0 Å². The maximum atomic E-state index is 12.1. The molecule has 0 atom stereocenters. The van der Waals surface area contributed by atoms with Crippen LogP contribution >= 0.6 is 0 Å². The Kier molecular flexibility index (Phi) is 6.44. The largest absolute Gasteiger partial charge is 0.463 e. The van der Waals surface area contributed by atoms with E-state index < -0.39 is 19.2 Å². The van der Waals surface area contributed by atoms with Gasteiger partial charge in [0.25, 0.3) is 0 Å². The molecule has 0 amide bonds. The Hall–Kier alpha value is -1.80. The summed E-state index contributed by atoms with van der Waals surface area (Å²) in [6.45, 7) is 5.59. The lowest BCUT2D eigenvalue weighted by Gasteiger charge is -2.12. The van der Waals surface area contributed by atoms with Gasteiger partial charge in [0.05, 0.1) is 12.5 Å². The van der Waals surface area contributed by atoms with E-state index in [9.17, 15) is 13.2 Å². The molecule has 0 aliphatic carbocycles. The smallest absolute Gasteiger partial charge is 0.392 e. The number of nitrogens with one attached hydrogen (secondary N) is 1. The van der Waals surface area contributed by atoms with Gasteiger partial charge in [0.15, 0.2) is 0 Å². The third-order valence-electron chi connectivity index (χ3n) is 2.09. The van der Waals surface area contributed by atoms with Gasteiger partial charge in [-0.05, 0) is 20.3 Å². The summed E-state index contributed by atoms with van der Waals surface area (Å²) in [5.74, 6) is 0.213. The van der Waals surface area contributed by atoms with Gasteiger partial charge in [0.1, 0.15) is 6.61 Å². The molecule has 0 fully saturated rings. The normalized spacial score (nSPS) is 11.6. The number of ether oxygens (including phenoxy) is 2.